The maximum atomic E-state index is 11.4. The summed E-state index contributed by atoms with van der Waals surface area (Å²) < 4.78 is 27.4. The molecule has 0 saturated heterocycles. The summed E-state index contributed by atoms with van der Waals surface area (Å²) in [5.41, 5.74) is -0.345. The van der Waals surface area contributed by atoms with Crippen LogP contribution < -0.4 is 0 Å². The minimum atomic E-state index is -3.52. The van der Waals surface area contributed by atoms with Gasteiger partial charge >= 0.3 is 5.97 Å². The Hall–Kier alpha value is -1.61. The minimum Gasteiger partial charge on any atom is -0.465 e. The van der Waals surface area contributed by atoms with Crippen LogP contribution in [0.3, 0.4) is 0 Å². The van der Waals surface area contributed by atoms with E-state index in [0.29, 0.717) is 0 Å². The molecule has 0 bridgehead atoms. The molecule has 20 heavy (non-hydrogen) atoms. The summed E-state index contributed by atoms with van der Waals surface area (Å²) in [5.74, 6) is -0.564. The molecule has 0 aliphatic heterocycles. The van der Waals surface area contributed by atoms with E-state index in [2.05, 4.69) is 0 Å². The molecular weight excluding hydrogens is 306 g/mol. The predicted octanol–water partition coefficient (Wildman–Crippen LogP) is 1.65. The normalized spacial score (nSPS) is 11.1. The van der Waals surface area contributed by atoms with Gasteiger partial charge in [0, 0.05) is 12.3 Å². The van der Waals surface area contributed by atoms with Crippen LogP contribution in [0, 0.1) is 10.1 Å². The first kappa shape index (κ1) is 16.4. The lowest BCUT2D eigenvalue weighted by atomic mass is 10.3. The van der Waals surface area contributed by atoms with E-state index in [-0.39, 0.29) is 27.8 Å². The molecule has 1 rings (SSSR count). The highest BCUT2D eigenvalue weighted by Crippen LogP contribution is 2.31. The van der Waals surface area contributed by atoms with Gasteiger partial charge in [0.1, 0.15) is 0 Å². The number of carbonyl (C=O) groups excluding carboxylic acids is 1. The zero-order valence-corrected chi connectivity index (χ0v) is 12.5. The highest BCUT2D eigenvalue weighted by atomic mass is 32.2. The van der Waals surface area contributed by atoms with Gasteiger partial charge in [-0.05, 0) is 19.1 Å². The van der Waals surface area contributed by atoms with Crippen molar-refractivity contribution in [3.8, 4) is 0 Å². The summed E-state index contributed by atoms with van der Waals surface area (Å²) in [6, 6.07) is 3.58. The Labute approximate surface area is 120 Å². The molecule has 0 unspecified atom stereocenters. The predicted molar refractivity (Wildman–Crippen MR) is 73.6 cm³/mol. The van der Waals surface area contributed by atoms with Crippen LogP contribution in [0.4, 0.5) is 5.69 Å². The molecule has 0 aliphatic carbocycles. The summed E-state index contributed by atoms with van der Waals surface area (Å²) in [4.78, 5) is 21.6. The number of hydrogen-bond donors (Lipinski definition) is 0. The number of carbonyl (C=O) groups is 1. The van der Waals surface area contributed by atoms with E-state index in [9.17, 15) is 23.3 Å². The second-order valence-corrected chi connectivity index (χ2v) is 6.79. The number of thioether (sulfide) groups is 1. The Morgan fingerprint density at radius 2 is 2.10 bits per heavy atom. The van der Waals surface area contributed by atoms with E-state index in [4.69, 9.17) is 4.74 Å². The molecule has 1 aromatic carbocycles. The molecule has 1 aromatic rings. The van der Waals surface area contributed by atoms with Gasteiger partial charge in [-0.3, -0.25) is 14.9 Å². The Morgan fingerprint density at radius 1 is 1.45 bits per heavy atom. The zero-order chi connectivity index (χ0) is 15.3. The third-order valence-corrected chi connectivity index (χ3v) is 4.35. The molecule has 0 heterocycles. The van der Waals surface area contributed by atoms with Gasteiger partial charge in [-0.25, -0.2) is 8.42 Å². The number of ether oxygens (including phenoxy) is 1. The molecule has 7 nitrogen and oxygen atoms in total. The third-order valence-electron chi connectivity index (χ3n) is 2.21. The average molecular weight is 319 g/mol. The number of sulfone groups is 1. The van der Waals surface area contributed by atoms with E-state index < -0.39 is 20.7 Å². The van der Waals surface area contributed by atoms with Crippen molar-refractivity contribution < 1.29 is 22.9 Å². The SMILES string of the molecule is CCOC(=O)CSc1ccc(S(C)(=O)=O)cc1[N+](=O)[O-]. The number of nitrogens with zero attached hydrogens (tertiary/aromatic N) is 1. The lowest BCUT2D eigenvalue weighted by Crippen LogP contribution is -2.07. The molecule has 0 saturated carbocycles. The fourth-order valence-electron chi connectivity index (χ4n) is 1.33. The first-order valence-corrected chi connectivity index (χ1v) is 8.40. The molecular formula is C11H13NO6S2. The van der Waals surface area contributed by atoms with Gasteiger partial charge < -0.3 is 4.74 Å². The third kappa shape index (κ3) is 4.49. The number of nitro groups is 1. The van der Waals surface area contributed by atoms with Gasteiger partial charge in [0.15, 0.2) is 9.84 Å². The molecule has 9 heteroatoms. The van der Waals surface area contributed by atoms with Crippen LogP contribution in [-0.2, 0) is 19.4 Å². The summed E-state index contributed by atoms with van der Waals surface area (Å²) in [6.45, 7) is 1.89. The van der Waals surface area contributed by atoms with Crippen molar-refractivity contribution in [2.45, 2.75) is 16.7 Å². The van der Waals surface area contributed by atoms with Gasteiger partial charge in [-0.2, -0.15) is 0 Å². The van der Waals surface area contributed by atoms with Crippen LogP contribution in [0.2, 0.25) is 0 Å². The summed E-state index contributed by atoms with van der Waals surface area (Å²) in [6.07, 6.45) is 0.970. The molecule has 0 fully saturated rings. The van der Waals surface area contributed by atoms with Crippen LogP contribution in [0.1, 0.15) is 6.92 Å². The Kier molecular flexibility index (Phi) is 5.52. The maximum absolute atomic E-state index is 11.4. The molecule has 0 atom stereocenters. The van der Waals surface area contributed by atoms with Crippen LogP contribution in [0.25, 0.3) is 0 Å². The van der Waals surface area contributed by atoms with Crippen LogP contribution in [0.15, 0.2) is 28.0 Å². The first-order valence-electron chi connectivity index (χ1n) is 5.52. The van der Waals surface area contributed by atoms with Gasteiger partial charge in [0.05, 0.1) is 27.1 Å². The van der Waals surface area contributed by atoms with E-state index in [1.54, 1.807) is 6.92 Å². The first-order chi connectivity index (χ1) is 9.25. The quantitative estimate of drug-likeness (QED) is 0.340. The van der Waals surface area contributed by atoms with Crippen molar-refractivity contribution >= 4 is 33.3 Å². The van der Waals surface area contributed by atoms with Crippen molar-refractivity contribution in [1.82, 2.24) is 0 Å². The van der Waals surface area contributed by atoms with Crippen molar-refractivity contribution in [2.24, 2.45) is 0 Å². The summed E-state index contributed by atoms with van der Waals surface area (Å²) in [5, 5.41) is 11.0. The van der Waals surface area contributed by atoms with Crippen molar-refractivity contribution in [3.63, 3.8) is 0 Å². The standard InChI is InChI=1S/C11H13NO6S2/c1-3-18-11(13)7-19-10-5-4-8(20(2,16)17)6-9(10)12(14)15/h4-6H,3,7H2,1-2H3. The largest absolute Gasteiger partial charge is 0.465 e. The minimum absolute atomic E-state index is 0.0765. The molecule has 0 spiro atoms. The topological polar surface area (TPSA) is 104 Å². The lowest BCUT2D eigenvalue weighted by molar-refractivity contribution is -0.388. The van der Waals surface area contributed by atoms with Crippen LogP contribution in [-0.4, -0.2) is 37.9 Å². The second kappa shape index (κ2) is 6.71. The van der Waals surface area contributed by atoms with E-state index in [1.807, 2.05) is 0 Å². The molecule has 0 radical (unpaired) electrons. The maximum Gasteiger partial charge on any atom is 0.316 e. The fraction of sp³-hybridized carbons (Fsp3) is 0.364. The summed E-state index contributed by atoms with van der Waals surface area (Å²) >= 11 is 0.932. The summed E-state index contributed by atoms with van der Waals surface area (Å²) in [7, 11) is -3.52. The highest BCUT2D eigenvalue weighted by Gasteiger charge is 2.19. The van der Waals surface area contributed by atoms with Crippen molar-refractivity contribution in [3.05, 3.63) is 28.3 Å². The fourth-order valence-corrected chi connectivity index (χ4v) is 2.78. The second-order valence-electron chi connectivity index (χ2n) is 3.75. The Morgan fingerprint density at radius 3 is 2.60 bits per heavy atom. The lowest BCUT2D eigenvalue weighted by Gasteiger charge is -2.05. The number of nitro benzene ring substituents is 1. The number of esters is 1. The van der Waals surface area contributed by atoms with Crippen LogP contribution in [0.5, 0.6) is 0 Å². The van der Waals surface area contributed by atoms with Gasteiger partial charge in [-0.1, -0.05) is 0 Å². The number of rotatable bonds is 6. The molecule has 0 N–H and O–H groups in total. The average Bonchev–Trinajstić information content (AvgIpc) is 2.35. The van der Waals surface area contributed by atoms with E-state index >= 15 is 0 Å². The van der Waals surface area contributed by atoms with Crippen molar-refractivity contribution in [2.75, 3.05) is 18.6 Å². The van der Waals surface area contributed by atoms with Crippen molar-refractivity contribution in [1.29, 1.82) is 0 Å². The molecule has 110 valence electrons. The smallest absolute Gasteiger partial charge is 0.316 e. The van der Waals surface area contributed by atoms with E-state index in [0.717, 1.165) is 24.1 Å². The van der Waals surface area contributed by atoms with Gasteiger partial charge in [-0.15, -0.1) is 11.8 Å². The van der Waals surface area contributed by atoms with Gasteiger partial charge in [0.25, 0.3) is 5.69 Å². The molecule has 0 amide bonds. The number of hydrogen-bond acceptors (Lipinski definition) is 7. The molecule has 0 aromatic heterocycles. The zero-order valence-electron chi connectivity index (χ0n) is 10.9. The van der Waals surface area contributed by atoms with Gasteiger partial charge in [0.2, 0.25) is 0 Å². The van der Waals surface area contributed by atoms with E-state index in [1.165, 1.54) is 12.1 Å². The Balaban J connectivity index is 3.03. The molecule has 0 aliphatic rings. The Bertz CT molecular complexity index is 626. The van der Waals surface area contributed by atoms with Crippen LogP contribution >= 0.6 is 11.8 Å². The monoisotopic (exact) mass is 319 g/mol. The highest BCUT2D eigenvalue weighted by molar-refractivity contribution is 8.00. The number of benzene rings is 1.